The van der Waals surface area contributed by atoms with Crippen molar-refractivity contribution in [2.45, 2.75) is 19.5 Å². The Labute approximate surface area is 166 Å². The van der Waals surface area contributed by atoms with Gasteiger partial charge in [0, 0.05) is 36.5 Å². The Morgan fingerprint density at radius 3 is 2.72 bits per heavy atom. The predicted molar refractivity (Wildman–Crippen MR) is 109 cm³/mol. The lowest BCUT2D eigenvalue weighted by atomic mass is 10.1. The molecule has 7 heteroatoms. The monoisotopic (exact) mass is 385 g/mol. The first-order chi connectivity index (χ1) is 14.2. The van der Waals surface area contributed by atoms with Gasteiger partial charge in [-0.15, -0.1) is 0 Å². The molecule has 144 valence electrons. The van der Waals surface area contributed by atoms with E-state index in [2.05, 4.69) is 15.3 Å². The molecule has 0 aliphatic carbocycles. The largest absolute Gasteiger partial charge is 0.332 e. The number of carbonyl (C=O) groups excluding carboxylic acids is 1. The van der Waals surface area contributed by atoms with Crippen LogP contribution in [0.1, 0.15) is 27.3 Å². The molecule has 0 saturated heterocycles. The van der Waals surface area contributed by atoms with Crippen molar-refractivity contribution in [3.63, 3.8) is 0 Å². The number of carbonyl (C=O) groups is 1. The summed E-state index contributed by atoms with van der Waals surface area (Å²) >= 11 is 0. The van der Waals surface area contributed by atoms with E-state index in [1.165, 1.54) is 4.68 Å². The molecule has 5 rings (SSSR count). The number of amides is 1. The number of nitrogens with zero attached hydrogens (tertiary/aromatic N) is 4. The Balaban J connectivity index is 1.40. The summed E-state index contributed by atoms with van der Waals surface area (Å²) in [5.74, 6) is -0.137. The fraction of sp³-hybridized carbons (Fsp3) is 0.182. The summed E-state index contributed by atoms with van der Waals surface area (Å²) in [5, 5.41) is 12.5. The third-order valence-corrected chi connectivity index (χ3v) is 5.28. The Bertz CT molecular complexity index is 1260. The first kappa shape index (κ1) is 17.4. The Hall–Kier alpha value is -3.74. The van der Waals surface area contributed by atoms with E-state index in [1.54, 1.807) is 11.0 Å². The van der Waals surface area contributed by atoms with Crippen molar-refractivity contribution < 1.29 is 4.79 Å². The number of hydrogen-bond acceptors (Lipinski definition) is 4. The Morgan fingerprint density at radius 2 is 1.86 bits per heavy atom. The van der Waals surface area contributed by atoms with E-state index in [9.17, 15) is 9.59 Å². The van der Waals surface area contributed by atoms with Crippen LogP contribution in [0.4, 0.5) is 0 Å². The fourth-order valence-corrected chi connectivity index (χ4v) is 3.76. The van der Waals surface area contributed by atoms with E-state index in [4.69, 9.17) is 0 Å². The summed E-state index contributed by atoms with van der Waals surface area (Å²) in [4.78, 5) is 27.3. The molecule has 2 aromatic carbocycles. The highest BCUT2D eigenvalue weighted by Gasteiger charge is 2.26. The van der Waals surface area contributed by atoms with Crippen LogP contribution in [0.15, 0.2) is 65.5 Å². The number of H-pyrrole nitrogens is 1. The molecule has 1 N–H and O–H groups in total. The zero-order chi connectivity index (χ0) is 19.8. The van der Waals surface area contributed by atoms with Crippen LogP contribution in [0.5, 0.6) is 0 Å². The van der Waals surface area contributed by atoms with E-state index >= 15 is 0 Å². The van der Waals surface area contributed by atoms with Crippen molar-refractivity contribution in [2.75, 3.05) is 6.54 Å². The van der Waals surface area contributed by atoms with Crippen LogP contribution < -0.4 is 5.56 Å². The first-order valence-electron chi connectivity index (χ1n) is 9.55. The van der Waals surface area contributed by atoms with E-state index in [0.717, 1.165) is 27.7 Å². The van der Waals surface area contributed by atoms with E-state index in [-0.39, 0.29) is 11.5 Å². The standard InChI is InChI=1S/C22H19N5O2/c28-20-12-16-14-26(22(29)21-17-8-4-5-9-19(17)23-24-21)11-10-18(16)25-27(20)13-15-6-2-1-3-7-15/h1-9,12H,10-11,13-14H2,(H,23,24). The van der Waals surface area contributed by atoms with Gasteiger partial charge in [0.15, 0.2) is 5.69 Å². The van der Waals surface area contributed by atoms with Gasteiger partial charge in [0.05, 0.1) is 17.8 Å². The second-order valence-electron chi connectivity index (χ2n) is 7.19. The topological polar surface area (TPSA) is 83.9 Å². The summed E-state index contributed by atoms with van der Waals surface area (Å²) in [6, 6.07) is 19.0. The normalized spacial score (nSPS) is 13.4. The number of aromatic nitrogens is 4. The first-order valence-corrected chi connectivity index (χ1v) is 9.55. The number of aromatic amines is 1. The van der Waals surface area contributed by atoms with Crippen LogP contribution in [0.3, 0.4) is 0 Å². The van der Waals surface area contributed by atoms with Crippen LogP contribution in [0.2, 0.25) is 0 Å². The molecule has 1 aliphatic rings. The minimum absolute atomic E-state index is 0.137. The third-order valence-electron chi connectivity index (χ3n) is 5.28. The van der Waals surface area contributed by atoms with Gasteiger partial charge < -0.3 is 4.90 Å². The molecule has 0 saturated carbocycles. The van der Waals surface area contributed by atoms with Crippen molar-refractivity contribution in [3.8, 4) is 0 Å². The molecule has 0 spiro atoms. The molecule has 0 atom stereocenters. The summed E-state index contributed by atoms with van der Waals surface area (Å²) in [6.07, 6.45) is 0.610. The lowest BCUT2D eigenvalue weighted by Crippen LogP contribution is -2.38. The molecule has 7 nitrogen and oxygen atoms in total. The molecule has 2 aromatic heterocycles. The van der Waals surface area contributed by atoms with Gasteiger partial charge in [-0.3, -0.25) is 14.7 Å². The summed E-state index contributed by atoms with van der Waals surface area (Å²) in [6.45, 7) is 1.35. The highest BCUT2D eigenvalue weighted by molar-refractivity contribution is 6.04. The van der Waals surface area contributed by atoms with Crippen molar-refractivity contribution in [2.24, 2.45) is 0 Å². The van der Waals surface area contributed by atoms with Gasteiger partial charge in [-0.1, -0.05) is 48.5 Å². The summed E-state index contributed by atoms with van der Waals surface area (Å²) in [7, 11) is 0. The van der Waals surface area contributed by atoms with Gasteiger partial charge in [-0.25, -0.2) is 4.68 Å². The number of nitrogens with one attached hydrogen (secondary N) is 1. The van der Waals surface area contributed by atoms with E-state index in [0.29, 0.717) is 31.7 Å². The van der Waals surface area contributed by atoms with Crippen LogP contribution in [-0.2, 0) is 19.5 Å². The molecule has 0 unspecified atom stereocenters. The minimum Gasteiger partial charge on any atom is -0.332 e. The minimum atomic E-state index is -0.160. The zero-order valence-corrected chi connectivity index (χ0v) is 15.7. The van der Waals surface area contributed by atoms with Crippen molar-refractivity contribution in [1.29, 1.82) is 0 Å². The second kappa shape index (κ2) is 7.01. The lowest BCUT2D eigenvalue weighted by molar-refractivity contribution is 0.0728. The number of hydrogen-bond donors (Lipinski definition) is 1. The summed E-state index contributed by atoms with van der Waals surface area (Å²) in [5.41, 5.74) is 3.79. The molecule has 3 heterocycles. The van der Waals surface area contributed by atoms with Crippen molar-refractivity contribution >= 4 is 16.8 Å². The van der Waals surface area contributed by atoms with Crippen LogP contribution in [0, 0.1) is 0 Å². The molecule has 0 radical (unpaired) electrons. The molecule has 29 heavy (non-hydrogen) atoms. The highest BCUT2D eigenvalue weighted by Crippen LogP contribution is 2.21. The highest BCUT2D eigenvalue weighted by atomic mass is 16.2. The number of benzene rings is 2. The summed E-state index contributed by atoms with van der Waals surface area (Å²) < 4.78 is 1.49. The predicted octanol–water partition coefficient (Wildman–Crippen LogP) is 2.37. The molecule has 0 fully saturated rings. The number of fused-ring (bicyclic) bond motifs is 2. The van der Waals surface area contributed by atoms with E-state index in [1.807, 2.05) is 54.6 Å². The Kier molecular flexibility index (Phi) is 4.20. The fourth-order valence-electron chi connectivity index (χ4n) is 3.76. The van der Waals surface area contributed by atoms with Gasteiger partial charge in [0.2, 0.25) is 0 Å². The van der Waals surface area contributed by atoms with Gasteiger partial charge in [0.25, 0.3) is 11.5 Å². The maximum Gasteiger partial charge on any atom is 0.275 e. The quantitative estimate of drug-likeness (QED) is 0.587. The maximum atomic E-state index is 13.0. The second-order valence-corrected chi connectivity index (χ2v) is 7.19. The molecule has 0 bridgehead atoms. The molecular formula is C22H19N5O2. The lowest BCUT2D eigenvalue weighted by Gasteiger charge is -2.28. The average molecular weight is 385 g/mol. The van der Waals surface area contributed by atoms with Crippen molar-refractivity contribution in [1.82, 2.24) is 24.9 Å². The smallest absolute Gasteiger partial charge is 0.275 e. The molecule has 1 aliphatic heterocycles. The van der Waals surface area contributed by atoms with Crippen LogP contribution >= 0.6 is 0 Å². The molecule has 4 aromatic rings. The molecule has 1 amide bonds. The van der Waals surface area contributed by atoms with E-state index < -0.39 is 0 Å². The molecular weight excluding hydrogens is 366 g/mol. The van der Waals surface area contributed by atoms with Crippen molar-refractivity contribution in [3.05, 3.63) is 93.5 Å². The maximum absolute atomic E-state index is 13.0. The van der Waals surface area contributed by atoms with Gasteiger partial charge in [0.1, 0.15) is 0 Å². The van der Waals surface area contributed by atoms with Gasteiger partial charge >= 0.3 is 0 Å². The Morgan fingerprint density at radius 1 is 1.07 bits per heavy atom. The third kappa shape index (κ3) is 3.20. The van der Waals surface area contributed by atoms with Gasteiger partial charge in [-0.05, 0) is 11.6 Å². The average Bonchev–Trinajstić information content (AvgIpc) is 3.18. The number of rotatable bonds is 3. The SMILES string of the molecule is O=C(c1n[nH]c2ccccc12)N1CCc2nn(Cc3ccccc3)c(=O)cc2C1. The van der Waals surface area contributed by atoms with Crippen LogP contribution in [-0.4, -0.2) is 37.3 Å². The number of para-hydroxylation sites is 1. The zero-order valence-electron chi connectivity index (χ0n) is 15.7. The van der Waals surface area contributed by atoms with Crippen LogP contribution in [0.25, 0.3) is 10.9 Å². The van der Waals surface area contributed by atoms with Gasteiger partial charge in [-0.2, -0.15) is 10.2 Å².